The molecule has 0 saturated carbocycles. The van der Waals surface area contributed by atoms with Crippen molar-refractivity contribution in [3.05, 3.63) is 28.4 Å². The van der Waals surface area contributed by atoms with Crippen molar-refractivity contribution in [1.29, 1.82) is 0 Å². The molecule has 7 nitrogen and oxygen atoms in total. The van der Waals surface area contributed by atoms with Crippen LogP contribution in [0, 0.1) is 0 Å². The van der Waals surface area contributed by atoms with E-state index in [0.29, 0.717) is 11.8 Å². The van der Waals surface area contributed by atoms with Crippen molar-refractivity contribution in [2.24, 2.45) is 0 Å². The second-order valence-corrected chi connectivity index (χ2v) is 5.56. The molecule has 0 aromatic carbocycles. The molecule has 21 heavy (non-hydrogen) atoms. The zero-order valence-electron chi connectivity index (χ0n) is 12.4. The summed E-state index contributed by atoms with van der Waals surface area (Å²) in [4.78, 5) is 23.0. The van der Waals surface area contributed by atoms with Gasteiger partial charge in [-0.05, 0) is 38.9 Å². The Labute approximate surface area is 123 Å². The van der Waals surface area contributed by atoms with Gasteiger partial charge in [0, 0.05) is 18.7 Å². The number of fused-ring (bicyclic) bond motifs is 1. The number of H-pyrrole nitrogens is 1. The third-order valence-corrected chi connectivity index (χ3v) is 4.02. The SMILES string of the molecule is CCCN(Cc1cc(=O)n2[nH]cnc2n1)C1CCNCC1. The number of aromatic nitrogens is 4. The average Bonchev–Trinajstić information content (AvgIpc) is 2.97. The molecule has 3 heterocycles. The standard InChI is InChI=1S/C14H22N6O/c1-2-7-19(12-3-5-15-6-4-12)9-11-8-13(21)20-14(18-11)16-10-17-20/h8,10,12,15H,2-7,9H2,1H3,(H,16,17,18). The Hall–Kier alpha value is -1.73. The zero-order chi connectivity index (χ0) is 14.7. The molecule has 0 unspecified atom stereocenters. The van der Waals surface area contributed by atoms with E-state index in [1.54, 1.807) is 6.07 Å². The van der Waals surface area contributed by atoms with Gasteiger partial charge in [0.25, 0.3) is 11.3 Å². The predicted molar refractivity (Wildman–Crippen MR) is 80.2 cm³/mol. The van der Waals surface area contributed by atoms with Crippen molar-refractivity contribution in [3.63, 3.8) is 0 Å². The fourth-order valence-electron chi connectivity index (χ4n) is 3.01. The third kappa shape index (κ3) is 3.14. The van der Waals surface area contributed by atoms with Gasteiger partial charge in [-0.25, -0.2) is 9.97 Å². The van der Waals surface area contributed by atoms with E-state index in [1.165, 1.54) is 10.8 Å². The number of nitrogens with one attached hydrogen (secondary N) is 2. The van der Waals surface area contributed by atoms with Crippen LogP contribution >= 0.6 is 0 Å². The Kier molecular flexibility index (Phi) is 4.31. The van der Waals surface area contributed by atoms with Crippen molar-refractivity contribution >= 4 is 5.78 Å². The summed E-state index contributed by atoms with van der Waals surface area (Å²) in [5, 5.41) is 6.16. The van der Waals surface area contributed by atoms with Gasteiger partial charge in [-0.1, -0.05) is 6.92 Å². The highest BCUT2D eigenvalue weighted by Gasteiger charge is 2.21. The monoisotopic (exact) mass is 290 g/mol. The molecule has 1 aliphatic rings. The summed E-state index contributed by atoms with van der Waals surface area (Å²) in [5.74, 6) is 0.444. The highest BCUT2D eigenvalue weighted by molar-refractivity contribution is 5.26. The minimum atomic E-state index is -0.103. The first-order valence-corrected chi connectivity index (χ1v) is 7.64. The van der Waals surface area contributed by atoms with Crippen LogP contribution in [0.25, 0.3) is 5.78 Å². The van der Waals surface area contributed by atoms with Crippen molar-refractivity contribution in [3.8, 4) is 0 Å². The number of piperidine rings is 1. The Bertz CT molecular complexity index is 642. The number of nitrogens with zero attached hydrogens (tertiary/aromatic N) is 4. The van der Waals surface area contributed by atoms with Crippen LogP contribution < -0.4 is 10.9 Å². The zero-order valence-corrected chi connectivity index (χ0v) is 12.4. The maximum absolute atomic E-state index is 12.0. The number of aromatic amines is 1. The van der Waals surface area contributed by atoms with E-state index in [9.17, 15) is 4.79 Å². The fraction of sp³-hybridized carbons (Fsp3) is 0.643. The van der Waals surface area contributed by atoms with Crippen molar-refractivity contribution in [2.75, 3.05) is 19.6 Å². The van der Waals surface area contributed by atoms with Gasteiger partial charge in [0.2, 0.25) is 0 Å². The fourth-order valence-corrected chi connectivity index (χ4v) is 3.01. The van der Waals surface area contributed by atoms with Gasteiger partial charge in [-0.2, -0.15) is 4.52 Å². The molecule has 2 aromatic heterocycles. The third-order valence-electron chi connectivity index (χ3n) is 4.02. The van der Waals surface area contributed by atoms with Crippen LogP contribution in [0.3, 0.4) is 0 Å². The van der Waals surface area contributed by atoms with Crippen molar-refractivity contribution in [1.82, 2.24) is 29.8 Å². The van der Waals surface area contributed by atoms with Gasteiger partial charge in [-0.3, -0.25) is 14.8 Å². The molecule has 114 valence electrons. The molecule has 0 bridgehead atoms. The Morgan fingerprint density at radius 2 is 2.24 bits per heavy atom. The van der Waals surface area contributed by atoms with Crippen LogP contribution in [0.4, 0.5) is 0 Å². The summed E-state index contributed by atoms with van der Waals surface area (Å²) in [5.41, 5.74) is 0.702. The number of rotatable bonds is 5. The van der Waals surface area contributed by atoms with Crippen molar-refractivity contribution < 1.29 is 0 Å². The van der Waals surface area contributed by atoms with Gasteiger partial charge >= 0.3 is 0 Å². The maximum atomic E-state index is 12.0. The van der Waals surface area contributed by atoms with Crippen molar-refractivity contribution in [2.45, 2.75) is 38.8 Å². The molecule has 0 spiro atoms. The normalized spacial score (nSPS) is 16.9. The lowest BCUT2D eigenvalue weighted by Gasteiger charge is -2.34. The number of hydrogen-bond donors (Lipinski definition) is 2. The molecule has 0 aliphatic carbocycles. The van der Waals surface area contributed by atoms with Crippen LogP contribution in [-0.2, 0) is 6.54 Å². The molecule has 1 fully saturated rings. The van der Waals surface area contributed by atoms with E-state index in [2.05, 4.69) is 32.2 Å². The highest BCUT2D eigenvalue weighted by Crippen LogP contribution is 2.15. The van der Waals surface area contributed by atoms with Gasteiger partial charge in [0.1, 0.15) is 6.33 Å². The average molecular weight is 290 g/mol. The van der Waals surface area contributed by atoms with E-state index in [1.807, 2.05) is 0 Å². The summed E-state index contributed by atoms with van der Waals surface area (Å²) in [6.45, 7) is 6.08. The van der Waals surface area contributed by atoms with E-state index in [0.717, 1.165) is 51.1 Å². The van der Waals surface area contributed by atoms with Crippen LogP contribution in [-0.4, -0.2) is 50.2 Å². The summed E-state index contributed by atoms with van der Waals surface area (Å²) in [7, 11) is 0. The molecular weight excluding hydrogens is 268 g/mol. The first kappa shape index (κ1) is 14.2. The largest absolute Gasteiger partial charge is 0.317 e. The molecule has 0 radical (unpaired) electrons. The van der Waals surface area contributed by atoms with Gasteiger partial charge in [-0.15, -0.1) is 0 Å². The lowest BCUT2D eigenvalue weighted by Crippen LogP contribution is -2.43. The Morgan fingerprint density at radius 3 is 3.00 bits per heavy atom. The van der Waals surface area contributed by atoms with Gasteiger partial charge < -0.3 is 5.32 Å². The molecule has 1 aliphatic heterocycles. The molecule has 7 heteroatoms. The van der Waals surface area contributed by atoms with Crippen LogP contribution in [0.1, 0.15) is 31.9 Å². The molecule has 2 aromatic rings. The lowest BCUT2D eigenvalue weighted by atomic mass is 10.0. The molecule has 3 rings (SSSR count). The first-order chi connectivity index (χ1) is 10.3. The Morgan fingerprint density at radius 1 is 1.43 bits per heavy atom. The van der Waals surface area contributed by atoms with Crippen LogP contribution in [0.15, 0.2) is 17.2 Å². The van der Waals surface area contributed by atoms with E-state index >= 15 is 0 Å². The van der Waals surface area contributed by atoms with Crippen LogP contribution in [0.2, 0.25) is 0 Å². The Balaban J connectivity index is 1.81. The van der Waals surface area contributed by atoms with E-state index in [-0.39, 0.29) is 5.56 Å². The number of hydrogen-bond acceptors (Lipinski definition) is 5. The summed E-state index contributed by atoms with van der Waals surface area (Å²) in [6, 6.07) is 2.18. The summed E-state index contributed by atoms with van der Waals surface area (Å²) >= 11 is 0. The molecule has 0 amide bonds. The summed E-state index contributed by atoms with van der Waals surface area (Å²) in [6.07, 6.45) is 4.91. The second-order valence-electron chi connectivity index (χ2n) is 5.56. The molecule has 2 N–H and O–H groups in total. The van der Waals surface area contributed by atoms with E-state index in [4.69, 9.17) is 0 Å². The smallest absolute Gasteiger partial charge is 0.274 e. The first-order valence-electron chi connectivity index (χ1n) is 7.64. The minimum absolute atomic E-state index is 0.103. The van der Waals surface area contributed by atoms with E-state index < -0.39 is 0 Å². The summed E-state index contributed by atoms with van der Waals surface area (Å²) < 4.78 is 1.36. The van der Waals surface area contributed by atoms with Gasteiger partial charge in [0.15, 0.2) is 0 Å². The quantitative estimate of drug-likeness (QED) is 0.832. The maximum Gasteiger partial charge on any atom is 0.274 e. The molecule has 1 saturated heterocycles. The molecule has 0 atom stereocenters. The minimum Gasteiger partial charge on any atom is -0.317 e. The predicted octanol–water partition coefficient (Wildman–Crippen LogP) is 0.382. The molecular formula is C14H22N6O. The second kappa shape index (κ2) is 6.36. The van der Waals surface area contributed by atoms with Gasteiger partial charge in [0.05, 0.1) is 5.69 Å². The topological polar surface area (TPSA) is 78.3 Å². The van der Waals surface area contributed by atoms with Crippen LogP contribution in [0.5, 0.6) is 0 Å². The lowest BCUT2D eigenvalue weighted by molar-refractivity contribution is 0.152. The highest BCUT2D eigenvalue weighted by atomic mass is 16.1.